The summed E-state index contributed by atoms with van der Waals surface area (Å²) in [5.74, 6) is 0.520. The standard InChI is InChI=1S/C16H20N4O2S/c1-10-9-15(21)20-14(19-10)6-8-18-16(22)13-5-4-12(23-13)11-3-2-7-17-11/h4-5,9,11,17H,2-3,6-8H2,1H3,(H,18,22)(H,19,20,21). The van der Waals surface area contributed by atoms with Gasteiger partial charge < -0.3 is 15.6 Å². The molecule has 0 saturated carbocycles. The summed E-state index contributed by atoms with van der Waals surface area (Å²) in [6.45, 7) is 3.27. The van der Waals surface area contributed by atoms with E-state index < -0.39 is 0 Å². The second-order valence-electron chi connectivity index (χ2n) is 5.69. The summed E-state index contributed by atoms with van der Waals surface area (Å²) in [4.78, 5) is 32.4. The summed E-state index contributed by atoms with van der Waals surface area (Å²) in [5.41, 5.74) is 0.521. The normalized spacial score (nSPS) is 17.3. The SMILES string of the molecule is Cc1cc(=O)[nH]c(CCNC(=O)c2ccc(C3CCCN3)s2)n1. The number of nitrogens with one attached hydrogen (secondary N) is 3. The monoisotopic (exact) mass is 332 g/mol. The van der Waals surface area contributed by atoms with Gasteiger partial charge in [0, 0.05) is 35.6 Å². The van der Waals surface area contributed by atoms with Gasteiger partial charge in [0.2, 0.25) is 0 Å². The van der Waals surface area contributed by atoms with Gasteiger partial charge in [-0.25, -0.2) is 4.98 Å². The summed E-state index contributed by atoms with van der Waals surface area (Å²) < 4.78 is 0. The Morgan fingerprint density at radius 2 is 2.35 bits per heavy atom. The van der Waals surface area contributed by atoms with Crippen LogP contribution in [-0.2, 0) is 6.42 Å². The maximum absolute atomic E-state index is 12.2. The van der Waals surface area contributed by atoms with Crippen LogP contribution < -0.4 is 16.2 Å². The van der Waals surface area contributed by atoms with Crippen molar-refractivity contribution in [3.8, 4) is 0 Å². The van der Waals surface area contributed by atoms with Gasteiger partial charge in [0.1, 0.15) is 5.82 Å². The van der Waals surface area contributed by atoms with Crippen molar-refractivity contribution in [1.29, 1.82) is 0 Å². The Labute approximate surface area is 138 Å². The van der Waals surface area contributed by atoms with Crippen LogP contribution in [0.4, 0.5) is 0 Å². The topological polar surface area (TPSA) is 86.9 Å². The molecular weight excluding hydrogens is 312 g/mol. The second kappa shape index (κ2) is 7.06. The molecule has 3 N–H and O–H groups in total. The molecule has 2 aromatic heterocycles. The maximum Gasteiger partial charge on any atom is 0.261 e. The van der Waals surface area contributed by atoms with E-state index in [1.54, 1.807) is 18.3 Å². The average Bonchev–Trinajstić information content (AvgIpc) is 3.17. The highest BCUT2D eigenvalue weighted by Crippen LogP contribution is 2.29. The van der Waals surface area contributed by atoms with Gasteiger partial charge in [-0.1, -0.05) is 0 Å². The molecule has 0 bridgehead atoms. The Hall–Kier alpha value is -1.99. The molecule has 1 unspecified atom stereocenters. The summed E-state index contributed by atoms with van der Waals surface area (Å²) in [6.07, 6.45) is 2.82. The number of thiophene rings is 1. The van der Waals surface area contributed by atoms with Crippen molar-refractivity contribution in [1.82, 2.24) is 20.6 Å². The first-order chi connectivity index (χ1) is 11.1. The number of amides is 1. The number of carbonyl (C=O) groups excluding carboxylic acids is 1. The van der Waals surface area contributed by atoms with Crippen LogP contribution >= 0.6 is 11.3 Å². The quantitative estimate of drug-likeness (QED) is 0.775. The zero-order valence-electron chi connectivity index (χ0n) is 13.0. The number of nitrogens with zero attached hydrogens (tertiary/aromatic N) is 1. The summed E-state index contributed by atoms with van der Waals surface area (Å²) in [6, 6.07) is 5.75. The van der Waals surface area contributed by atoms with Gasteiger partial charge in [0.15, 0.2) is 0 Å². The number of hydrogen-bond acceptors (Lipinski definition) is 5. The summed E-state index contributed by atoms with van der Waals surface area (Å²) >= 11 is 1.54. The van der Waals surface area contributed by atoms with Gasteiger partial charge in [0.25, 0.3) is 11.5 Å². The molecule has 122 valence electrons. The molecule has 2 aromatic rings. The van der Waals surface area contributed by atoms with Gasteiger partial charge in [-0.3, -0.25) is 9.59 Å². The van der Waals surface area contributed by atoms with Gasteiger partial charge in [-0.2, -0.15) is 0 Å². The van der Waals surface area contributed by atoms with E-state index in [4.69, 9.17) is 0 Å². The predicted octanol–water partition coefficient (Wildman–Crippen LogP) is 1.54. The van der Waals surface area contributed by atoms with E-state index in [0.717, 1.165) is 17.8 Å². The molecule has 0 radical (unpaired) electrons. The minimum Gasteiger partial charge on any atom is -0.351 e. The maximum atomic E-state index is 12.2. The zero-order chi connectivity index (χ0) is 16.2. The Bertz CT molecular complexity index is 747. The molecule has 3 heterocycles. The van der Waals surface area contributed by atoms with Crippen molar-refractivity contribution in [3.63, 3.8) is 0 Å². The van der Waals surface area contributed by atoms with Crippen molar-refractivity contribution in [2.75, 3.05) is 13.1 Å². The molecule has 1 aliphatic heterocycles. The van der Waals surface area contributed by atoms with Gasteiger partial charge in [0.05, 0.1) is 4.88 Å². The fourth-order valence-corrected chi connectivity index (χ4v) is 3.77. The van der Waals surface area contributed by atoms with Crippen molar-refractivity contribution in [2.45, 2.75) is 32.2 Å². The largest absolute Gasteiger partial charge is 0.351 e. The van der Waals surface area contributed by atoms with Crippen LogP contribution in [0.15, 0.2) is 23.0 Å². The van der Waals surface area contributed by atoms with E-state index >= 15 is 0 Å². The summed E-state index contributed by atoms with van der Waals surface area (Å²) in [7, 11) is 0. The number of aryl methyl sites for hydroxylation is 1. The zero-order valence-corrected chi connectivity index (χ0v) is 13.8. The summed E-state index contributed by atoms with van der Waals surface area (Å²) in [5, 5.41) is 6.32. The van der Waals surface area contributed by atoms with Crippen LogP contribution in [0.2, 0.25) is 0 Å². The average molecular weight is 332 g/mol. The lowest BCUT2D eigenvalue weighted by molar-refractivity contribution is 0.0958. The lowest BCUT2D eigenvalue weighted by Gasteiger charge is -2.06. The van der Waals surface area contributed by atoms with Gasteiger partial charge in [-0.05, 0) is 38.4 Å². The third-order valence-electron chi connectivity index (χ3n) is 3.82. The number of aromatic nitrogens is 2. The van der Waals surface area contributed by atoms with E-state index in [-0.39, 0.29) is 11.5 Å². The number of aromatic amines is 1. The minimum absolute atomic E-state index is 0.0748. The molecular formula is C16H20N4O2S. The molecule has 1 saturated heterocycles. The molecule has 1 atom stereocenters. The van der Waals surface area contributed by atoms with Crippen molar-refractivity contribution in [2.24, 2.45) is 0 Å². The third kappa shape index (κ3) is 4.05. The highest BCUT2D eigenvalue weighted by atomic mass is 32.1. The van der Waals surface area contributed by atoms with E-state index in [1.807, 2.05) is 12.1 Å². The highest BCUT2D eigenvalue weighted by Gasteiger charge is 2.19. The highest BCUT2D eigenvalue weighted by molar-refractivity contribution is 7.14. The van der Waals surface area contributed by atoms with Crippen molar-refractivity contribution >= 4 is 17.2 Å². The smallest absolute Gasteiger partial charge is 0.261 e. The van der Waals surface area contributed by atoms with Gasteiger partial charge in [-0.15, -0.1) is 11.3 Å². The molecule has 0 spiro atoms. The second-order valence-corrected chi connectivity index (χ2v) is 6.81. The minimum atomic E-state index is -0.161. The Kier molecular flexibility index (Phi) is 4.88. The lowest BCUT2D eigenvalue weighted by atomic mass is 10.2. The van der Waals surface area contributed by atoms with Crippen LogP contribution in [0.25, 0.3) is 0 Å². The third-order valence-corrected chi connectivity index (χ3v) is 5.02. The Morgan fingerprint density at radius 3 is 3.09 bits per heavy atom. The van der Waals surface area contributed by atoms with E-state index in [2.05, 4.69) is 20.6 Å². The molecule has 6 nitrogen and oxygen atoms in total. The predicted molar refractivity (Wildman–Crippen MR) is 89.9 cm³/mol. The molecule has 3 rings (SSSR count). The van der Waals surface area contributed by atoms with Crippen LogP contribution in [0, 0.1) is 6.92 Å². The van der Waals surface area contributed by atoms with E-state index in [1.165, 1.54) is 17.4 Å². The van der Waals surface area contributed by atoms with Crippen LogP contribution in [0.3, 0.4) is 0 Å². The van der Waals surface area contributed by atoms with E-state index in [0.29, 0.717) is 30.5 Å². The lowest BCUT2D eigenvalue weighted by Crippen LogP contribution is -2.26. The fourth-order valence-electron chi connectivity index (χ4n) is 2.73. The Morgan fingerprint density at radius 1 is 1.48 bits per heavy atom. The molecule has 23 heavy (non-hydrogen) atoms. The first kappa shape index (κ1) is 15.9. The Balaban J connectivity index is 1.54. The number of carbonyl (C=O) groups is 1. The number of H-pyrrole nitrogens is 1. The first-order valence-electron chi connectivity index (χ1n) is 7.80. The molecule has 0 aromatic carbocycles. The molecule has 1 amide bonds. The number of rotatable bonds is 5. The molecule has 1 aliphatic rings. The molecule has 7 heteroatoms. The first-order valence-corrected chi connectivity index (χ1v) is 8.61. The van der Waals surface area contributed by atoms with Crippen LogP contribution in [-0.4, -0.2) is 29.0 Å². The van der Waals surface area contributed by atoms with Crippen molar-refractivity contribution in [3.05, 3.63) is 49.8 Å². The van der Waals surface area contributed by atoms with Gasteiger partial charge >= 0.3 is 0 Å². The van der Waals surface area contributed by atoms with Crippen molar-refractivity contribution < 1.29 is 4.79 Å². The van der Waals surface area contributed by atoms with Crippen LogP contribution in [0.1, 0.15) is 45.0 Å². The van der Waals surface area contributed by atoms with E-state index in [9.17, 15) is 9.59 Å². The van der Waals surface area contributed by atoms with Crippen LogP contribution in [0.5, 0.6) is 0 Å². The molecule has 1 fully saturated rings. The molecule has 0 aliphatic carbocycles. The fraction of sp³-hybridized carbons (Fsp3) is 0.438. The number of hydrogen-bond donors (Lipinski definition) is 3.